The van der Waals surface area contributed by atoms with E-state index < -0.39 is 0 Å². The first kappa shape index (κ1) is 19.7. The van der Waals surface area contributed by atoms with Crippen molar-refractivity contribution in [2.45, 2.75) is 19.8 Å². The molecule has 0 unspecified atom stereocenters. The molecule has 152 valence electrons. The molecule has 1 heterocycles. The van der Waals surface area contributed by atoms with Crippen molar-refractivity contribution in [3.05, 3.63) is 89.5 Å². The zero-order valence-electron chi connectivity index (χ0n) is 16.9. The Kier molecular flexibility index (Phi) is 5.80. The van der Waals surface area contributed by atoms with E-state index in [2.05, 4.69) is 5.32 Å². The van der Waals surface area contributed by atoms with Gasteiger partial charge in [0.2, 0.25) is 0 Å². The molecular weight excluding hydrogens is 376 g/mol. The molecule has 0 saturated heterocycles. The van der Waals surface area contributed by atoms with Crippen molar-refractivity contribution in [3.8, 4) is 5.75 Å². The van der Waals surface area contributed by atoms with Crippen molar-refractivity contribution in [1.82, 2.24) is 0 Å². The fourth-order valence-corrected chi connectivity index (χ4v) is 3.68. The number of carbonyl (C=O) groups is 2. The predicted molar refractivity (Wildman–Crippen MR) is 118 cm³/mol. The van der Waals surface area contributed by atoms with Gasteiger partial charge in [0.05, 0.1) is 0 Å². The number of nitrogens with one attached hydrogen (secondary N) is 1. The van der Waals surface area contributed by atoms with Gasteiger partial charge in [0.25, 0.3) is 11.8 Å². The maximum atomic E-state index is 12.9. The number of hydrogen-bond donors (Lipinski definition) is 1. The molecule has 0 spiro atoms. The third-order valence-electron chi connectivity index (χ3n) is 5.20. The van der Waals surface area contributed by atoms with E-state index in [1.54, 1.807) is 0 Å². The van der Waals surface area contributed by atoms with E-state index in [9.17, 15) is 9.59 Å². The van der Waals surface area contributed by atoms with Gasteiger partial charge in [0.1, 0.15) is 5.75 Å². The highest BCUT2D eigenvalue weighted by molar-refractivity contribution is 6.07. The molecule has 3 aromatic carbocycles. The van der Waals surface area contributed by atoms with Gasteiger partial charge in [-0.15, -0.1) is 0 Å². The molecule has 0 bridgehead atoms. The van der Waals surface area contributed by atoms with Gasteiger partial charge in [-0.05, 0) is 67.3 Å². The molecule has 3 aromatic rings. The minimum atomic E-state index is -0.216. The maximum absolute atomic E-state index is 12.9. The van der Waals surface area contributed by atoms with E-state index in [1.165, 1.54) is 0 Å². The lowest BCUT2D eigenvalue weighted by Crippen LogP contribution is -2.35. The normalized spacial score (nSPS) is 12.8. The summed E-state index contributed by atoms with van der Waals surface area (Å²) in [5.41, 5.74) is 4.34. The third kappa shape index (κ3) is 4.35. The molecule has 0 aromatic heterocycles. The lowest BCUT2D eigenvalue weighted by Gasteiger charge is -2.30. The first-order valence-electron chi connectivity index (χ1n) is 10.1. The van der Waals surface area contributed by atoms with Crippen molar-refractivity contribution in [2.24, 2.45) is 0 Å². The topological polar surface area (TPSA) is 58.6 Å². The van der Waals surface area contributed by atoms with Crippen molar-refractivity contribution in [3.63, 3.8) is 0 Å². The minimum Gasteiger partial charge on any atom is -0.483 e. The molecule has 5 heteroatoms. The third-order valence-corrected chi connectivity index (χ3v) is 5.20. The second-order valence-electron chi connectivity index (χ2n) is 7.37. The predicted octanol–water partition coefficient (Wildman–Crippen LogP) is 4.61. The van der Waals surface area contributed by atoms with Gasteiger partial charge in [-0.3, -0.25) is 9.59 Å². The zero-order valence-corrected chi connectivity index (χ0v) is 16.9. The highest BCUT2D eigenvalue weighted by atomic mass is 16.5. The zero-order chi connectivity index (χ0) is 20.9. The average Bonchev–Trinajstić information content (AvgIpc) is 2.78. The summed E-state index contributed by atoms with van der Waals surface area (Å²) in [5, 5.41) is 2.89. The van der Waals surface area contributed by atoms with E-state index in [-0.39, 0.29) is 18.4 Å². The first-order valence-corrected chi connectivity index (χ1v) is 10.1. The van der Waals surface area contributed by atoms with Crippen LogP contribution in [0.1, 0.15) is 27.9 Å². The maximum Gasteiger partial charge on any atom is 0.262 e. The van der Waals surface area contributed by atoms with Crippen LogP contribution in [0.4, 0.5) is 11.4 Å². The number of ether oxygens (including phenoxy) is 1. The molecule has 1 N–H and O–H groups in total. The molecule has 0 radical (unpaired) electrons. The van der Waals surface area contributed by atoms with Gasteiger partial charge in [-0.2, -0.15) is 0 Å². The molecule has 0 saturated carbocycles. The van der Waals surface area contributed by atoms with Crippen LogP contribution in [0.3, 0.4) is 0 Å². The molecular formula is C25H24N2O3. The number of anilines is 2. The lowest BCUT2D eigenvalue weighted by atomic mass is 10.00. The lowest BCUT2D eigenvalue weighted by molar-refractivity contribution is -0.118. The number of fused-ring (bicyclic) bond motifs is 1. The van der Waals surface area contributed by atoms with Crippen LogP contribution in [-0.2, 0) is 11.2 Å². The van der Waals surface area contributed by atoms with Crippen LogP contribution >= 0.6 is 0 Å². The largest absolute Gasteiger partial charge is 0.483 e. The van der Waals surface area contributed by atoms with E-state index in [4.69, 9.17) is 4.74 Å². The second kappa shape index (κ2) is 8.82. The number of para-hydroxylation sites is 1. The van der Waals surface area contributed by atoms with Gasteiger partial charge in [0, 0.05) is 23.5 Å². The van der Waals surface area contributed by atoms with Crippen LogP contribution in [0.5, 0.6) is 5.75 Å². The van der Waals surface area contributed by atoms with Crippen molar-refractivity contribution < 1.29 is 14.3 Å². The van der Waals surface area contributed by atoms with Crippen molar-refractivity contribution in [1.29, 1.82) is 0 Å². The smallest absolute Gasteiger partial charge is 0.262 e. The Bertz CT molecular complexity index is 1060. The minimum absolute atomic E-state index is 0.0000310. The summed E-state index contributed by atoms with van der Waals surface area (Å²) in [6.45, 7) is 2.58. The second-order valence-corrected chi connectivity index (χ2v) is 7.37. The van der Waals surface area contributed by atoms with Crippen molar-refractivity contribution in [2.75, 3.05) is 23.4 Å². The van der Waals surface area contributed by atoms with Crippen LogP contribution in [0.15, 0.2) is 72.8 Å². The Balaban J connectivity index is 1.44. The number of nitrogens with zero attached hydrogens (tertiary/aromatic N) is 1. The average molecular weight is 400 g/mol. The molecule has 30 heavy (non-hydrogen) atoms. The standard InChI is InChI=1S/C25H24N2O3/c1-18-8-5-6-12-23(18)30-17-24(28)26-21-13-14-22-20(16-21)11-7-15-27(22)25(29)19-9-3-2-4-10-19/h2-6,8-10,12-14,16H,7,11,15,17H2,1H3,(H,26,28). The van der Waals surface area contributed by atoms with E-state index in [0.29, 0.717) is 23.5 Å². The number of carbonyl (C=O) groups excluding carboxylic acids is 2. The first-order chi connectivity index (χ1) is 14.6. The van der Waals surface area contributed by atoms with Gasteiger partial charge in [0.15, 0.2) is 6.61 Å². The quantitative estimate of drug-likeness (QED) is 0.681. The highest BCUT2D eigenvalue weighted by Gasteiger charge is 2.23. The SMILES string of the molecule is Cc1ccccc1OCC(=O)Nc1ccc2c(c1)CCCN2C(=O)c1ccccc1. The summed E-state index contributed by atoms with van der Waals surface area (Å²) >= 11 is 0. The van der Waals surface area contributed by atoms with E-state index in [0.717, 1.165) is 29.7 Å². The van der Waals surface area contributed by atoms with Crippen LogP contribution in [-0.4, -0.2) is 25.0 Å². The fraction of sp³-hybridized carbons (Fsp3) is 0.200. The summed E-state index contributed by atoms with van der Waals surface area (Å²) < 4.78 is 5.62. The summed E-state index contributed by atoms with van der Waals surface area (Å²) in [7, 11) is 0. The Morgan fingerprint density at radius 3 is 2.57 bits per heavy atom. The Hall–Kier alpha value is -3.60. The van der Waals surface area contributed by atoms with Gasteiger partial charge in [-0.1, -0.05) is 36.4 Å². The summed E-state index contributed by atoms with van der Waals surface area (Å²) in [6.07, 6.45) is 1.76. The van der Waals surface area contributed by atoms with Crippen LogP contribution < -0.4 is 15.0 Å². The Morgan fingerprint density at radius 1 is 1.00 bits per heavy atom. The van der Waals surface area contributed by atoms with E-state index >= 15 is 0 Å². The molecule has 1 aliphatic heterocycles. The molecule has 1 aliphatic rings. The summed E-state index contributed by atoms with van der Waals surface area (Å²) in [4.78, 5) is 27.1. The molecule has 0 aliphatic carbocycles. The van der Waals surface area contributed by atoms with Gasteiger partial charge < -0.3 is 15.0 Å². The summed E-state index contributed by atoms with van der Waals surface area (Å²) in [6, 6.07) is 22.6. The van der Waals surface area contributed by atoms with Crippen molar-refractivity contribution >= 4 is 23.2 Å². The molecule has 0 fully saturated rings. The number of hydrogen-bond acceptors (Lipinski definition) is 3. The molecule has 4 rings (SSSR count). The van der Waals surface area contributed by atoms with Gasteiger partial charge in [-0.25, -0.2) is 0 Å². The van der Waals surface area contributed by atoms with Crippen LogP contribution in [0.2, 0.25) is 0 Å². The molecule has 2 amide bonds. The highest BCUT2D eigenvalue weighted by Crippen LogP contribution is 2.31. The van der Waals surface area contributed by atoms with Crippen LogP contribution in [0, 0.1) is 6.92 Å². The fourth-order valence-electron chi connectivity index (χ4n) is 3.68. The Morgan fingerprint density at radius 2 is 1.77 bits per heavy atom. The number of benzene rings is 3. The van der Waals surface area contributed by atoms with E-state index in [1.807, 2.05) is 84.6 Å². The monoisotopic (exact) mass is 400 g/mol. The van der Waals surface area contributed by atoms with Crippen LogP contribution in [0.25, 0.3) is 0 Å². The Labute approximate surface area is 176 Å². The number of amides is 2. The molecule has 0 atom stereocenters. The summed E-state index contributed by atoms with van der Waals surface area (Å²) in [5.74, 6) is 0.486. The number of rotatable bonds is 5. The molecule has 5 nitrogen and oxygen atoms in total. The van der Waals surface area contributed by atoms with Gasteiger partial charge >= 0.3 is 0 Å². The number of aryl methyl sites for hydroxylation is 2.